The molecule has 1 nitrogen and oxygen atoms in total. The van der Waals surface area contributed by atoms with Crippen molar-refractivity contribution in [1.29, 1.82) is 0 Å². The zero-order valence-corrected chi connectivity index (χ0v) is 61.4. The van der Waals surface area contributed by atoms with Gasteiger partial charge >= 0.3 is 0 Å². The van der Waals surface area contributed by atoms with Crippen molar-refractivity contribution in [2.45, 2.75) is 0 Å². The monoisotopic (exact) mass is 1400 g/mol. The average molecular weight is 1400 g/mol. The molecular weight excluding hydrogens is 1320 g/mol. The maximum atomic E-state index is 13.2. The minimum absolute atomic E-state index is 0.896. The van der Waals surface area contributed by atoms with Gasteiger partial charge in [-0.25, -0.2) is 0 Å². The Bertz CT molecular complexity index is 5740. The van der Waals surface area contributed by atoms with E-state index in [1.807, 2.05) is 25.5 Å². The van der Waals surface area contributed by atoms with Crippen LogP contribution in [-0.2, 0) is 4.57 Å². The first-order chi connectivity index (χ1) is 53.3. The smallest absolute Gasteiger partial charge is 0.109 e. The van der Waals surface area contributed by atoms with E-state index in [-0.39, 0.29) is 0 Å². The molecule has 17 aromatic carbocycles. The predicted octanol–water partition coefficient (Wildman–Crippen LogP) is 27.6. The van der Waals surface area contributed by atoms with E-state index in [0.717, 1.165) is 22.0 Å². The summed E-state index contributed by atoms with van der Waals surface area (Å²) in [5.41, 5.74) is 30.7. The van der Waals surface area contributed by atoms with E-state index in [0.29, 0.717) is 0 Å². The van der Waals surface area contributed by atoms with E-state index < -0.39 is 7.14 Å². The second-order valence-electron chi connectivity index (χ2n) is 27.6. The Balaban J connectivity index is 0.000000167. The highest BCUT2D eigenvalue weighted by Crippen LogP contribution is 2.47. The highest BCUT2D eigenvalue weighted by Gasteiger charge is 2.24. The van der Waals surface area contributed by atoms with Crippen LogP contribution in [0.1, 0.15) is 66.8 Å². The summed E-state index contributed by atoms with van der Waals surface area (Å²) in [7, 11) is -2.44. The molecule has 0 atom stereocenters. The van der Waals surface area contributed by atoms with E-state index in [9.17, 15) is 4.57 Å². The molecule has 0 fully saturated rings. The van der Waals surface area contributed by atoms with Crippen LogP contribution in [0.15, 0.2) is 443 Å². The average Bonchev–Trinajstić information content (AvgIpc) is 0.732. The fraction of sp³-hybridized carbons (Fsp3) is 0.0189. The van der Waals surface area contributed by atoms with Gasteiger partial charge in [0.2, 0.25) is 0 Å². The number of benzene rings is 17. The van der Waals surface area contributed by atoms with Crippen molar-refractivity contribution in [3.05, 3.63) is 510 Å². The van der Waals surface area contributed by atoms with Gasteiger partial charge in [-0.15, -0.1) is 0 Å². The topological polar surface area (TPSA) is 17.1 Å². The Labute approximate surface area is 635 Å². The van der Waals surface area contributed by atoms with Gasteiger partial charge in [-0.3, -0.25) is 0 Å². The van der Waals surface area contributed by atoms with Crippen molar-refractivity contribution < 1.29 is 4.57 Å². The largest absolute Gasteiger partial charge is 0.319 e. The van der Waals surface area contributed by atoms with Crippen LogP contribution in [0.2, 0.25) is 0 Å². The normalized spacial score (nSPS) is 11.1. The Kier molecular flexibility index (Phi) is 20.5. The third-order valence-electron chi connectivity index (χ3n) is 20.3. The third-order valence-corrected chi connectivity index (χ3v) is 21.8. The van der Waals surface area contributed by atoms with Crippen molar-refractivity contribution in [3.8, 4) is 44.5 Å². The first-order valence-electron chi connectivity index (χ1n) is 37.0. The van der Waals surface area contributed by atoms with Crippen molar-refractivity contribution >= 4 is 67.4 Å². The van der Waals surface area contributed by atoms with Crippen molar-refractivity contribution in [1.82, 2.24) is 0 Å². The van der Waals surface area contributed by atoms with Crippen LogP contribution in [0.3, 0.4) is 0 Å². The lowest BCUT2D eigenvalue weighted by Crippen LogP contribution is -2.02. The van der Waals surface area contributed by atoms with Gasteiger partial charge in [0.05, 0.1) is 0 Å². The maximum Gasteiger partial charge on any atom is 0.109 e. The molecule has 2 heteroatoms. The van der Waals surface area contributed by atoms with E-state index in [2.05, 4.69) is 431 Å². The second-order valence-corrected chi connectivity index (χ2v) is 30.8. The molecule has 0 aliphatic heterocycles. The standard InChI is InChI=1S/C58H42.C48H37OP/c1-7-21-45(22-8-1)55(46-23-9-2-10-24-46)57(49-29-15-5-16-30-49)53-35-19-33-51(41-53)43-37-39-44(40-38-43)52-34-20-36-54(42-52)58(50-31-17-6-18-32-50)56(47-25-11-3-12-26-47)48-27-13-4-14-28-48;1-50(2,49)40-27-17-26-39(33-40)48-43-30-14-12-28-41(43)47(42-29-13-15-31-44(42)48)38-25-16-24-37(32-38)46(36-22-10-5-11-23-36)45(34-18-6-3-7-19-34)35-20-8-4-9-21-35/h1-42H;3-33H,1-2H3. The zero-order valence-electron chi connectivity index (χ0n) is 60.5. The fourth-order valence-electron chi connectivity index (χ4n) is 15.3. The molecule has 108 heavy (non-hydrogen) atoms. The molecule has 0 heterocycles. The minimum atomic E-state index is -2.44. The Morgan fingerprint density at radius 2 is 0.352 bits per heavy atom. The van der Waals surface area contributed by atoms with Crippen LogP contribution in [0.5, 0.6) is 0 Å². The molecular formula is C106H79OP. The summed E-state index contributed by atoms with van der Waals surface area (Å²) in [5.74, 6) is 0. The molecule has 0 unspecified atom stereocenters. The van der Waals surface area contributed by atoms with Gasteiger partial charge in [0.25, 0.3) is 0 Å². The van der Waals surface area contributed by atoms with E-state index in [1.165, 1.54) is 150 Å². The molecule has 0 aliphatic rings. The van der Waals surface area contributed by atoms with Gasteiger partial charge in [0.15, 0.2) is 0 Å². The van der Waals surface area contributed by atoms with Crippen LogP contribution in [0, 0.1) is 0 Å². The maximum absolute atomic E-state index is 13.2. The lowest BCUT2D eigenvalue weighted by molar-refractivity contribution is 0.588. The van der Waals surface area contributed by atoms with E-state index in [1.54, 1.807) is 0 Å². The number of hydrogen-bond acceptors (Lipinski definition) is 1. The molecule has 17 rings (SSSR count). The van der Waals surface area contributed by atoms with Gasteiger partial charge in [-0.05, 0) is 204 Å². The highest BCUT2D eigenvalue weighted by atomic mass is 31.2. The predicted molar refractivity (Wildman–Crippen MR) is 462 cm³/mol. The van der Waals surface area contributed by atoms with Crippen LogP contribution >= 0.6 is 7.14 Å². The molecule has 0 saturated carbocycles. The summed E-state index contributed by atoms with van der Waals surface area (Å²) in [4.78, 5) is 0. The second kappa shape index (κ2) is 32.0. The summed E-state index contributed by atoms with van der Waals surface area (Å²) in [6.07, 6.45) is 0. The third kappa shape index (κ3) is 14.9. The van der Waals surface area contributed by atoms with Gasteiger partial charge in [-0.1, -0.05) is 419 Å². The molecule has 0 bridgehead atoms. The first kappa shape index (κ1) is 69.1. The molecule has 0 radical (unpaired) electrons. The Hall–Kier alpha value is -13.3. The SMILES string of the molecule is CP(C)(=O)c1cccc(-c2c3ccccc3c(-c3cccc(C(=C(c4ccccc4)c4ccccc4)c4ccccc4)c3)c3ccccc23)c1.c1ccc(C(=C(c2ccccc2)c2cccc(-c3ccc(-c4cccc(C(=C(c5ccccc5)c5ccccc5)c5ccccc5)c4)cc3)c2)c2ccccc2)cc1. The lowest BCUT2D eigenvalue weighted by atomic mass is 9.83. The molecule has 0 spiro atoms. The van der Waals surface area contributed by atoms with Crippen molar-refractivity contribution in [2.24, 2.45) is 0 Å². The number of fused-ring (bicyclic) bond motifs is 2. The first-order valence-corrected chi connectivity index (χ1v) is 39.6. The molecule has 0 saturated heterocycles. The van der Waals surface area contributed by atoms with Crippen LogP contribution in [-0.4, -0.2) is 13.3 Å². The van der Waals surface area contributed by atoms with Gasteiger partial charge < -0.3 is 4.57 Å². The van der Waals surface area contributed by atoms with Crippen molar-refractivity contribution in [3.63, 3.8) is 0 Å². The molecule has 17 aromatic rings. The molecule has 514 valence electrons. The van der Waals surface area contributed by atoms with Crippen LogP contribution in [0.4, 0.5) is 0 Å². The molecule has 0 aromatic heterocycles. The Morgan fingerprint density at radius 3 is 0.593 bits per heavy atom. The highest BCUT2D eigenvalue weighted by molar-refractivity contribution is 7.70. The van der Waals surface area contributed by atoms with Crippen LogP contribution in [0.25, 0.3) is 99.5 Å². The van der Waals surface area contributed by atoms with E-state index >= 15 is 0 Å². The quantitative estimate of drug-likeness (QED) is 0.0504. The molecule has 0 amide bonds. The Morgan fingerprint density at radius 1 is 0.167 bits per heavy atom. The summed E-state index contributed by atoms with van der Waals surface area (Å²) in [5, 5.41) is 5.64. The van der Waals surface area contributed by atoms with Gasteiger partial charge in [0.1, 0.15) is 7.14 Å². The fourth-order valence-corrected chi connectivity index (χ4v) is 16.2. The van der Waals surface area contributed by atoms with Gasteiger partial charge in [-0.2, -0.15) is 0 Å². The van der Waals surface area contributed by atoms with E-state index in [4.69, 9.17) is 0 Å². The summed E-state index contributed by atoms with van der Waals surface area (Å²) in [6.45, 7) is 3.69. The number of rotatable bonds is 17. The lowest BCUT2D eigenvalue weighted by Gasteiger charge is -2.21. The molecule has 0 aliphatic carbocycles. The summed E-state index contributed by atoms with van der Waals surface area (Å²) < 4.78 is 13.2. The minimum Gasteiger partial charge on any atom is -0.319 e. The molecule has 0 N–H and O–H groups in total. The van der Waals surface area contributed by atoms with Gasteiger partial charge in [0, 0.05) is 5.30 Å². The number of hydrogen-bond donors (Lipinski definition) is 0. The zero-order chi connectivity index (χ0) is 73.0. The van der Waals surface area contributed by atoms with Crippen molar-refractivity contribution in [2.75, 3.05) is 13.3 Å². The summed E-state index contributed by atoms with van der Waals surface area (Å²) >= 11 is 0. The summed E-state index contributed by atoms with van der Waals surface area (Å²) in [6, 6.07) is 159. The van der Waals surface area contributed by atoms with Crippen LogP contribution < -0.4 is 5.30 Å².